The van der Waals surface area contributed by atoms with Gasteiger partial charge in [0.05, 0.1) is 39.9 Å². The molecule has 3 fully saturated rings. The predicted molar refractivity (Wildman–Crippen MR) is 147 cm³/mol. The van der Waals surface area contributed by atoms with Crippen LogP contribution >= 0.6 is 39.3 Å². The zero-order chi connectivity index (χ0) is 26.4. The number of hydrogen-bond donors (Lipinski definition) is 1. The molecule has 1 N–H and O–H groups in total. The fourth-order valence-corrected chi connectivity index (χ4v) is 9.81. The van der Waals surface area contributed by atoms with Crippen LogP contribution in [-0.2, 0) is 14.4 Å². The van der Waals surface area contributed by atoms with Crippen molar-refractivity contribution in [3.63, 3.8) is 0 Å². The van der Waals surface area contributed by atoms with Gasteiger partial charge in [0.2, 0.25) is 11.8 Å². The number of amides is 3. The molecule has 2 bridgehead atoms. The monoisotopic (exact) mass is 595 g/mol. The summed E-state index contributed by atoms with van der Waals surface area (Å²) in [5.74, 6) is -1.92. The fourth-order valence-electron chi connectivity index (χ4n) is 5.98. The lowest BCUT2D eigenvalue weighted by Crippen LogP contribution is -2.57. The number of benzene rings is 1. The fraction of sp³-hybridized carbons (Fsp3) is 0.500. The van der Waals surface area contributed by atoms with E-state index in [-0.39, 0.29) is 41.0 Å². The summed E-state index contributed by atoms with van der Waals surface area (Å²) in [6.45, 7) is 9.54. The number of aliphatic hydroxyl groups is 1. The largest absolute Gasteiger partial charge is 0.394 e. The number of rotatable bonds is 9. The van der Waals surface area contributed by atoms with Crippen LogP contribution in [0.4, 0.5) is 5.69 Å². The molecule has 3 unspecified atom stereocenters. The number of aliphatic hydroxyl groups excluding tert-OH is 1. The zero-order valence-electron chi connectivity index (χ0n) is 20.3. The van der Waals surface area contributed by atoms with Crippen molar-refractivity contribution in [2.45, 2.75) is 40.3 Å². The van der Waals surface area contributed by atoms with Crippen molar-refractivity contribution in [2.24, 2.45) is 11.8 Å². The standard InChI is InChI=1S/C26H31BrClN3O4S/c1-5-11-29(4)23(33)19-20-24(34)31(15(3)14-32)22(26(20)13-16(27)21(19)36-26)25(35)30(12-6-2)18-10-8-7-9-17(18)28/h5-10,15-16,19-22,32H,1-2,11-14H2,3-4H3/t15-,16?,19+,20+,21+,22?,26?/m1/s1. The summed E-state index contributed by atoms with van der Waals surface area (Å²) in [5, 5.41) is 10.3. The SMILES string of the molecule is C=CCN(C)C(=O)[C@H]1[C@H]2C(=O)N([C@H](C)CO)C(C(=O)N(CC=C)c3ccccc3Cl)C23CC(Br)[C@@H]1S3. The van der Waals surface area contributed by atoms with Crippen molar-refractivity contribution in [3.8, 4) is 0 Å². The lowest BCUT2D eigenvalue weighted by Gasteiger charge is -2.39. The number of para-hydroxylation sites is 1. The van der Waals surface area contributed by atoms with Gasteiger partial charge in [-0.25, -0.2) is 0 Å². The van der Waals surface area contributed by atoms with E-state index in [0.717, 1.165) is 0 Å². The number of thioether (sulfide) groups is 1. The first-order chi connectivity index (χ1) is 17.1. The minimum atomic E-state index is -0.870. The van der Waals surface area contributed by atoms with E-state index in [2.05, 4.69) is 29.1 Å². The number of anilines is 1. The van der Waals surface area contributed by atoms with Crippen LogP contribution in [0.5, 0.6) is 0 Å². The smallest absolute Gasteiger partial charge is 0.251 e. The van der Waals surface area contributed by atoms with Gasteiger partial charge in [-0.2, -0.15) is 0 Å². The number of nitrogens with zero attached hydrogens (tertiary/aromatic N) is 3. The molecule has 1 spiro atoms. The topological polar surface area (TPSA) is 81.2 Å². The number of hydrogen-bond acceptors (Lipinski definition) is 5. The minimum Gasteiger partial charge on any atom is -0.394 e. The summed E-state index contributed by atoms with van der Waals surface area (Å²) in [6, 6.07) is 5.59. The highest BCUT2D eigenvalue weighted by Crippen LogP contribution is 2.68. The van der Waals surface area contributed by atoms with Gasteiger partial charge in [0.1, 0.15) is 6.04 Å². The first-order valence-electron chi connectivity index (χ1n) is 11.9. The van der Waals surface area contributed by atoms with Crippen LogP contribution in [0, 0.1) is 11.8 Å². The van der Waals surface area contributed by atoms with Crippen molar-refractivity contribution in [2.75, 3.05) is 31.6 Å². The molecule has 7 atom stereocenters. The average Bonchev–Trinajstić information content (AvgIpc) is 3.45. The molecular weight excluding hydrogens is 566 g/mol. The third kappa shape index (κ3) is 4.12. The molecule has 10 heteroatoms. The third-order valence-corrected chi connectivity index (χ3v) is 11.0. The second-order valence-electron chi connectivity index (χ2n) is 9.64. The molecule has 3 heterocycles. The van der Waals surface area contributed by atoms with Gasteiger partial charge in [0, 0.05) is 30.2 Å². The summed E-state index contributed by atoms with van der Waals surface area (Å²) >= 11 is 11.8. The highest BCUT2D eigenvalue weighted by molar-refractivity contribution is 9.09. The van der Waals surface area contributed by atoms with Gasteiger partial charge in [-0.3, -0.25) is 14.4 Å². The van der Waals surface area contributed by atoms with Crippen LogP contribution in [0.3, 0.4) is 0 Å². The number of carbonyl (C=O) groups excluding carboxylic acids is 3. The van der Waals surface area contributed by atoms with Crippen LogP contribution in [0.25, 0.3) is 0 Å². The van der Waals surface area contributed by atoms with E-state index >= 15 is 0 Å². The van der Waals surface area contributed by atoms with Crippen molar-refractivity contribution >= 4 is 62.7 Å². The minimum absolute atomic E-state index is 0.0366. The Morgan fingerprint density at radius 3 is 2.58 bits per heavy atom. The van der Waals surface area contributed by atoms with Gasteiger partial charge in [0.15, 0.2) is 0 Å². The summed E-state index contributed by atoms with van der Waals surface area (Å²) in [4.78, 5) is 46.7. The highest BCUT2D eigenvalue weighted by Gasteiger charge is 2.76. The maximum atomic E-state index is 14.4. The molecule has 7 nitrogen and oxygen atoms in total. The summed E-state index contributed by atoms with van der Waals surface area (Å²) in [7, 11) is 1.70. The molecule has 0 aromatic heterocycles. The van der Waals surface area contributed by atoms with Crippen LogP contribution in [0.15, 0.2) is 49.6 Å². The maximum Gasteiger partial charge on any atom is 0.251 e. The number of likely N-dealkylation sites (tertiary alicyclic amines) is 1. The molecule has 3 amide bonds. The summed E-state index contributed by atoms with van der Waals surface area (Å²) in [5.41, 5.74) is 0.527. The third-order valence-electron chi connectivity index (χ3n) is 7.49. The van der Waals surface area contributed by atoms with E-state index in [9.17, 15) is 19.5 Å². The zero-order valence-corrected chi connectivity index (χ0v) is 23.5. The molecule has 36 heavy (non-hydrogen) atoms. The molecule has 3 saturated heterocycles. The molecule has 3 aliphatic heterocycles. The van der Waals surface area contributed by atoms with Crippen molar-refractivity contribution in [1.82, 2.24) is 9.80 Å². The van der Waals surface area contributed by atoms with Gasteiger partial charge in [-0.05, 0) is 25.5 Å². The first-order valence-corrected chi connectivity index (χ1v) is 14.1. The average molecular weight is 597 g/mol. The Bertz CT molecular complexity index is 1090. The van der Waals surface area contributed by atoms with Crippen molar-refractivity contribution in [3.05, 3.63) is 54.6 Å². The lowest BCUT2D eigenvalue weighted by atomic mass is 9.70. The molecule has 1 aromatic carbocycles. The number of likely N-dealkylation sites (N-methyl/N-ethyl adjacent to an activating group) is 1. The molecule has 194 valence electrons. The van der Waals surface area contributed by atoms with Crippen LogP contribution in [-0.4, -0.2) is 86.3 Å². The molecule has 1 aromatic rings. The second kappa shape index (κ2) is 10.5. The van der Waals surface area contributed by atoms with E-state index in [0.29, 0.717) is 23.7 Å². The Kier molecular flexibility index (Phi) is 7.95. The molecule has 0 radical (unpaired) electrons. The van der Waals surface area contributed by atoms with E-state index < -0.39 is 28.7 Å². The Morgan fingerprint density at radius 1 is 1.31 bits per heavy atom. The van der Waals surface area contributed by atoms with Gasteiger partial charge in [-0.1, -0.05) is 51.8 Å². The lowest BCUT2D eigenvalue weighted by molar-refractivity contribution is -0.144. The van der Waals surface area contributed by atoms with E-state index in [1.165, 1.54) is 4.90 Å². The summed E-state index contributed by atoms with van der Waals surface area (Å²) < 4.78 is -0.813. The van der Waals surface area contributed by atoms with E-state index in [1.807, 2.05) is 0 Å². The normalized spacial score (nSPS) is 31.2. The molecule has 0 saturated carbocycles. The second-order valence-corrected chi connectivity index (χ2v) is 12.8. The maximum absolute atomic E-state index is 14.4. The van der Waals surface area contributed by atoms with Gasteiger partial charge < -0.3 is 19.8 Å². The Morgan fingerprint density at radius 2 is 1.97 bits per heavy atom. The molecule has 3 aliphatic rings. The van der Waals surface area contributed by atoms with Crippen molar-refractivity contribution in [1.29, 1.82) is 0 Å². The Balaban J connectivity index is 1.83. The predicted octanol–water partition coefficient (Wildman–Crippen LogP) is 3.35. The molecular formula is C26H31BrClN3O4S. The Labute approximate surface area is 229 Å². The number of fused-ring (bicyclic) bond motifs is 1. The van der Waals surface area contributed by atoms with Gasteiger partial charge in [-0.15, -0.1) is 24.9 Å². The van der Waals surface area contributed by atoms with Crippen LogP contribution in [0.2, 0.25) is 5.02 Å². The first kappa shape index (κ1) is 27.2. The van der Waals surface area contributed by atoms with Gasteiger partial charge >= 0.3 is 0 Å². The highest BCUT2D eigenvalue weighted by atomic mass is 79.9. The van der Waals surface area contributed by atoms with Gasteiger partial charge in [0.25, 0.3) is 5.91 Å². The van der Waals surface area contributed by atoms with E-state index in [4.69, 9.17) is 11.6 Å². The quantitative estimate of drug-likeness (QED) is 0.349. The molecule has 0 aliphatic carbocycles. The number of halogens is 2. The van der Waals surface area contributed by atoms with E-state index in [1.54, 1.807) is 72.0 Å². The summed E-state index contributed by atoms with van der Waals surface area (Å²) in [6.07, 6.45) is 3.83. The molecule has 4 rings (SSSR count). The van der Waals surface area contributed by atoms with Crippen LogP contribution in [0.1, 0.15) is 13.3 Å². The van der Waals surface area contributed by atoms with Crippen LogP contribution < -0.4 is 4.90 Å². The number of alkyl halides is 1. The number of carbonyl (C=O) groups is 3. The van der Waals surface area contributed by atoms with Crippen molar-refractivity contribution < 1.29 is 19.5 Å². The Hall–Kier alpha value is -1.81.